The highest BCUT2D eigenvalue weighted by Gasteiger charge is 2.27. The van der Waals surface area contributed by atoms with Crippen molar-refractivity contribution in [3.63, 3.8) is 0 Å². The van der Waals surface area contributed by atoms with Crippen molar-refractivity contribution in [3.05, 3.63) is 35.4 Å². The SMILES string of the molecule is C#CC[NH+](C)C1CCc2ccccc21.[Cl-]. The molecule has 2 heteroatoms. The van der Waals surface area contributed by atoms with Crippen LogP contribution in [0.4, 0.5) is 0 Å². The van der Waals surface area contributed by atoms with Gasteiger partial charge in [-0.05, 0) is 17.9 Å². The molecule has 1 N–H and O–H groups in total. The van der Waals surface area contributed by atoms with Crippen LogP contribution in [0.5, 0.6) is 0 Å². The largest absolute Gasteiger partial charge is 1.00 e. The van der Waals surface area contributed by atoms with Gasteiger partial charge in [-0.2, -0.15) is 0 Å². The predicted molar refractivity (Wildman–Crippen MR) is 58.1 cm³/mol. The maximum Gasteiger partial charge on any atom is 0.139 e. The predicted octanol–water partition coefficient (Wildman–Crippen LogP) is -2.17. The number of hydrogen-bond acceptors (Lipinski definition) is 0. The maximum absolute atomic E-state index is 5.35. The van der Waals surface area contributed by atoms with Crippen LogP contribution in [0.2, 0.25) is 0 Å². The molecule has 0 saturated carbocycles. The molecule has 0 aromatic heterocycles. The quantitative estimate of drug-likeness (QED) is 0.543. The monoisotopic (exact) mass is 221 g/mol. The maximum atomic E-state index is 5.35. The zero-order valence-corrected chi connectivity index (χ0v) is 9.72. The standard InChI is InChI=1S/C13H15N.ClH/c1-3-10-14(2)13-9-8-11-6-4-5-7-12(11)13;/h1,4-7,13H,8-10H2,2H3;1H. The number of terminal acetylenes is 1. The van der Waals surface area contributed by atoms with E-state index in [2.05, 4.69) is 37.2 Å². The first kappa shape index (κ1) is 12.1. The Morgan fingerprint density at radius 3 is 2.93 bits per heavy atom. The minimum atomic E-state index is 0. The Bertz CT molecular complexity index is 367. The molecule has 2 unspecified atom stereocenters. The molecule has 0 fully saturated rings. The highest BCUT2D eigenvalue weighted by atomic mass is 35.5. The Hall–Kier alpha value is -0.970. The van der Waals surface area contributed by atoms with Crippen LogP contribution in [0.3, 0.4) is 0 Å². The molecule has 1 nitrogen and oxygen atoms in total. The topological polar surface area (TPSA) is 4.44 Å². The summed E-state index contributed by atoms with van der Waals surface area (Å²) in [7, 11) is 2.19. The molecule has 1 aliphatic rings. The molecule has 0 spiro atoms. The normalized spacial score (nSPS) is 19.9. The summed E-state index contributed by atoms with van der Waals surface area (Å²) in [4.78, 5) is 1.44. The van der Waals surface area contributed by atoms with E-state index in [-0.39, 0.29) is 12.4 Å². The first-order valence-electron chi connectivity index (χ1n) is 5.16. The average molecular weight is 222 g/mol. The Morgan fingerprint density at radius 2 is 2.20 bits per heavy atom. The van der Waals surface area contributed by atoms with Crippen molar-refractivity contribution in [2.75, 3.05) is 13.6 Å². The summed E-state index contributed by atoms with van der Waals surface area (Å²) in [6.45, 7) is 0.818. The Morgan fingerprint density at radius 1 is 1.47 bits per heavy atom. The molecule has 15 heavy (non-hydrogen) atoms. The van der Waals surface area contributed by atoms with Crippen molar-refractivity contribution in [2.24, 2.45) is 0 Å². The lowest BCUT2D eigenvalue weighted by Gasteiger charge is -2.19. The molecule has 1 aliphatic carbocycles. The summed E-state index contributed by atoms with van der Waals surface area (Å²) in [5.41, 5.74) is 3.01. The van der Waals surface area contributed by atoms with E-state index in [4.69, 9.17) is 6.42 Å². The number of hydrogen-bond donors (Lipinski definition) is 1. The van der Waals surface area contributed by atoms with Crippen molar-refractivity contribution in [3.8, 4) is 12.3 Å². The zero-order chi connectivity index (χ0) is 9.97. The minimum absolute atomic E-state index is 0. The second-order valence-electron chi connectivity index (χ2n) is 4.02. The van der Waals surface area contributed by atoms with Crippen molar-refractivity contribution in [1.29, 1.82) is 0 Å². The summed E-state index contributed by atoms with van der Waals surface area (Å²) in [5, 5.41) is 0. The molecule has 2 rings (SSSR count). The van der Waals surface area contributed by atoms with Crippen LogP contribution in [0.15, 0.2) is 24.3 Å². The molecule has 0 radical (unpaired) electrons. The van der Waals surface area contributed by atoms with Crippen molar-refractivity contribution in [1.82, 2.24) is 0 Å². The van der Waals surface area contributed by atoms with E-state index in [0.717, 1.165) is 6.54 Å². The van der Waals surface area contributed by atoms with Gasteiger partial charge in [-0.1, -0.05) is 24.3 Å². The van der Waals surface area contributed by atoms with E-state index >= 15 is 0 Å². The van der Waals surface area contributed by atoms with Crippen molar-refractivity contribution in [2.45, 2.75) is 18.9 Å². The summed E-state index contributed by atoms with van der Waals surface area (Å²) in [6.07, 6.45) is 7.80. The van der Waals surface area contributed by atoms with Crippen LogP contribution in [-0.2, 0) is 6.42 Å². The highest BCUT2D eigenvalue weighted by Crippen LogP contribution is 2.28. The second-order valence-corrected chi connectivity index (χ2v) is 4.02. The fourth-order valence-corrected chi connectivity index (χ4v) is 2.35. The third-order valence-electron chi connectivity index (χ3n) is 3.11. The molecule has 0 amide bonds. The Balaban J connectivity index is 0.00000112. The summed E-state index contributed by atoms with van der Waals surface area (Å²) in [6, 6.07) is 9.34. The summed E-state index contributed by atoms with van der Waals surface area (Å²) in [5.74, 6) is 2.74. The average Bonchev–Trinajstić information content (AvgIpc) is 2.61. The molecule has 1 aromatic carbocycles. The Kier molecular flexibility index (Phi) is 4.20. The number of benzene rings is 1. The van der Waals surface area contributed by atoms with Gasteiger partial charge in [0.15, 0.2) is 0 Å². The fourth-order valence-electron chi connectivity index (χ4n) is 2.35. The first-order chi connectivity index (χ1) is 6.83. The molecule has 2 atom stereocenters. The van der Waals surface area contributed by atoms with Gasteiger partial charge in [0.25, 0.3) is 0 Å². The number of nitrogens with one attached hydrogen (secondary N) is 1. The van der Waals surface area contributed by atoms with E-state index in [1.165, 1.54) is 28.9 Å². The highest BCUT2D eigenvalue weighted by molar-refractivity contribution is 5.32. The molecule has 0 heterocycles. The van der Waals surface area contributed by atoms with Gasteiger partial charge in [0.05, 0.1) is 7.05 Å². The van der Waals surface area contributed by atoms with Gasteiger partial charge in [0, 0.05) is 12.0 Å². The lowest BCUT2D eigenvalue weighted by Crippen LogP contribution is -3.09. The second kappa shape index (κ2) is 5.21. The molecule has 0 bridgehead atoms. The molecular formula is C13H16ClN. The smallest absolute Gasteiger partial charge is 0.139 e. The van der Waals surface area contributed by atoms with Crippen LogP contribution in [0.25, 0.3) is 0 Å². The fraction of sp³-hybridized carbons (Fsp3) is 0.385. The lowest BCUT2D eigenvalue weighted by atomic mass is 10.1. The molecule has 0 aliphatic heterocycles. The van der Waals surface area contributed by atoms with E-state index < -0.39 is 0 Å². The third kappa shape index (κ3) is 2.34. The number of quaternary nitrogens is 1. The summed E-state index contributed by atoms with van der Waals surface area (Å²) < 4.78 is 0. The van der Waals surface area contributed by atoms with Gasteiger partial charge in [-0.25, -0.2) is 0 Å². The molecular weight excluding hydrogens is 206 g/mol. The molecule has 80 valence electrons. The molecule has 1 aromatic rings. The molecule has 0 saturated heterocycles. The first-order valence-corrected chi connectivity index (χ1v) is 5.16. The van der Waals surface area contributed by atoms with E-state index in [1.54, 1.807) is 0 Å². The lowest BCUT2D eigenvalue weighted by molar-refractivity contribution is -0.904. The minimum Gasteiger partial charge on any atom is -1.00 e. The van der Waals surface area contributed by atoms with Crippen LogP contribution in [0, 0.1) is 12.3 Å². The number of halogens is 1. The van der Waals surface area contributed by atoms with Crippen LogP contribution in [-0.4, -0.2) is 13.6 Å². The van der Waals surface area contributed by atoms with Gasteiger partial charge in [-0.3, -0.25) is 0 Å². The summed E-state index contributed by atoms with van der Waals surface area (Å²) >= 11 is 0. The van der Waals surface area contributed by atoms with E-state index in [0.29, 0.717) is 6.04 Å². The third-order valence-corrected chi connectivity index (χ3v) is 3.11. The van der Waals surface area contributed by atoms with Crippen molar-refractivity contribution >= 4 is 0 Å². The number of fused-ring (bicyclic) bond motifs is 1. The van der Waals surface area contributed by atoms with Gasteiger partial charge < -0.3 is 17.3 Å². The van der Waals surface area contributed by atoms with Gasteiger partial charge in [-0.15, -0.1) is 6.42 Å². The van der Waals surface area contributed by atoms with Crippen molar-refractivity contribution < 1.29 is 17.3 Å². The van der Waals surface area contributed by atoms with Gasteiger partial charge >= 0.3 is 0 Å². The van der Waals surface area contributed by atoms with Gasteiger partial charge in [0.2, 0.25) is 0 Å². The number of rotatable bonds is 2. The zero-order valence-electron chi connectivity index (χ0n) is 8.96. The Labute approximate surface area is 97.9 Å². The number of aryl methyl sites for hydroxylation is 1. The van der Waals surface area contributed by atoms with Gasteiger partial charge in [0.1, 0.15) is 12.6 Å². The van der Waals surface area contributed by atoms with Crippen LogP contribution in [0.1, 0.15) is 23.6 Å². The van der Waals surface area contributed by atoms with E-state index in [1.807, 2.05) is 0 Å². The van der Waals surface area contributed by atoms with Crippen LogP contribution >= 0.6 is 0 Å². The van der Waals surface area contributed by atoms with Crippen LogP contribution < -0.4 is 17.3 Å². The van der Waals surface area contributed by atoms with E-state index in [9.17, 15) is 0 Å².